The van der Waals surface area contributed by atoms with E-state index in [2.05, 4.69) is 20.6 Å². The lowest BCUT2D eigenvalue weighted by Crippen LogP contribution is -2.26. The van der Waals surface area contributed by atoms with Crippen molar-refractivity contribution >= 4 is 17.5 Å². The molecule has 0 amide bonds. The van der Waals surface area contributed by atoms with Crippen LogP contribution in [0.15, 0.2) is 24.3 Å². The molecule has 2 heterocycles. The molecule has 0 spiro atoms. The minimum absolute atomic E-state index is 0.535. The third-order valence-corrected chi connectivity index (χ3v) is 3.31. The van der Waals surface area contributed by atoms with E-state index in [4.69, 9.17) is 10.5 Å². The Balaban J connectivity index is 1.85. The van der Waals surface area contributed by atoms with E-state index < -0.39 is 0 Å². The zero-order valence-corrected chi connectivity index (χ0v) is 11.3. The standard InChI is InChI=1S/C14H17N5O/c1-20-10-4-2-9(3-5-10)17-14-18-12-6-7-16-8-11(12)13(15)19-14/h2-5,16H,6-8H2,1H3,(H3,15,17,18,19). The molecule has 0 saturated carbocycles. The largest absolute Gasteiger partial charge is 0.497 e. The molecule has 1 aliphatic rings. The monoisotopic (exact) mass is 271 g/mol. The number of nitrogens with zero attached hydrogens (tertiary/aromatic N) is 2. The van der Waals surface area contributed by atoms with E-state index >= 15 is 0 Å². The fourth-order valence-corrected chi connectivity index (χ4v) is 2.23. The van der Waals surface area contributed by atoms with Crippen molar-refractivity contribution in [1.29, 1.82) is 0 Å². The van der Waals surface area contributed by atoms with Gasteiger partial charge in [-0.15, -0.1) is 0 Å². The van der Waals surface area contributed by atoms with Crippen LogP contribution in [0.5, 0.6) is 5.75 Å². The summed E-state index contributed by atoms with van der Waals surface area (Å²) in [6.45, 7) is 1.66. The number of methoxy groups -OCH3 is 1. The normalized spacial score (nSPS) is 13.7. The highest BCUT2D eigenvalue weighted by atomic mass is 16.5. The molecule has 1 aromatic heterocycles. The Hall–Kier alpha value is -2.34. The van der Waals surface area contributed by atoms with Crippen LogP contribution >= 0.6 is 0 Å². The number of nitrogens with one attached hydrogen (secondary N) is 2. The first-order chi connectivity index (χ1) is 9.76. The molecule has 0 atom stereocenters. The number of benzene rings is 1. The highest BCUT2D eigenvalue weighted by Gasteiger charge is 2.15. The minimum atomic E-state index is 0.535. The lowest BCUT2D eigenvalue weighted by molar-refractivity contribution is 0.415. The van der Waals surface area contributed by atoms with Gasteiger partial charge in [-0.25, -0.2) is 4.98 Å². The van der Waals surface area contributed by atoms with Crippen molar-refractivity contribution in [3.05, 3.63) is 35.5 Å². The van der Waals surface area contributed by atoms with Crippen molar-refractivity contribution in [3.8, 4) is 5.75 Å². The van der Waals surface area contributed by atoms with Crippen LogP contribution in [0.1, 0.15) is 11.3 Å². The van der Waals surface area contributed by atoms with Gasteiger partial charge in [0.1, 0.15) is 11.6 Å². The molecule has 2 aromatic rings. The molecular formula is C14H17N5O. The van der Waals surface area contributed by atoms with Gasteiger partial charge in [-0.2, -0.15) is 4.98 Å². The number of nitrogen functional groups attached to an aromatic ring is 1. The van der Waals surface area contributed by atoms with E-state index in [-0.39, 0.29) is 0 Å². The van der Waals surface area contributed by atoms with E-state index in [0.717, 1.165) is 42.2 Å². The highest BCUT2D eigenvalue weighted by Crippen LogP contribution is 2.22. The maximum absolute atomic E-state index is 5.99. The van der Waals surface area contributed by atoms with Crippen LogP contribution in [0.2, 0.25) is 0 Å². The maximum atomic E-state index is 5.99. The number of fused-ring (bicyclic) bond motifs is 1. The maximum Gasteiger partial charge on any atom is 0.229 e. The smallest absolute Gasteiger partial charge is 0.229 e. The summed E-state index contributed by atoms with van der Waals surface area (Å²) in [5.41, 5.74) is 8.92. The summed E-state index contributed by atoms with van der Waals surface area (Å²) in [7, 11) is 1.64. The van der Waals surface area contributed by atoms with E-state index in [9.17, 15) is 0 Å². The highest BCUT2D eigenvalue weighted by molar-refractivity contribution is 5.57. The zero-order chi connectivity index (χ0) is 13.9. The zero-order valence-electron chi connectivity index (χ0n) is 11.3. The van der Waals surface area contributed by atoms with Gasteiger partial charge < -0.3 is 21.1 Å². The molecule has 0 aliphatic carbocycles. The fraction of sp³-hybridized carbons (Fsp3) is 0.286. The predicted molar refractivity (Wildman–Crippen MR) is 78.1 cm³/mol. The molecule has 0 fully saturated rings. The molecule has 0 bridgehead atoms. The van der Waals surface area contributed by atoms with Crippen LogP contribution in [0, 0.1) is 0 Å². The molecule has 4 N–H and O–H groups in total. The Morgan fingerprint density at radius 1 is 1.25 bits per heavy atom. The quantitative estimate of drug-likeness (QED) is 0.783. The average Bonchev–Trinajstić information content (AvgIpc) is 2.48. The third-order valence-electron chi connectivity index (χ3n) is 3.31. The van der Waals surface area contributed by atoms with Crippen LogP contribution in [-0.2, 0) is 13.0 Å². The molecule has 6 heteroatoms. The summed E-state index contributed by atoms with van der Waals surface area (Å²) in [4.78, 5) is 8.85. The van der Waals surface area contributed by atoms with Crippen LogP contribution in [0.4, 0.5) is 17.5 Å². The van der Waals surface area contributed by atoms with Gasteiger partial charge in [-0.1, -0.05) is 0 Å². The number of ether oxygens (including phenoxy) is 1. The molecule has 104 valence electrons. The summed E-state index contributed by atoms with van der Waals surface area (Å²) in [6.07, 6.45) is 0.874. The predicted octanol–water partition coefficient (Wildman–Crippen LogP) is 1.46. The second-order valence-electron chi connectivity index (χ2n) is 4.64. The molecule has 0 unspecified atom stereocenters. The summed E-state index contributed by atoms with van der Waals surface area (Å²) < 4.78 is 5.13. The number of hydrogen-bond donors (Lipinski definition) is 3. The first-order valence-electron chi connectivity index (χ1n) is 6.53. The van der Waals surface area contributed by atoms with Crippen LogP contribution < -0.4 is 21.1 Å². The molecule has 0 saturated heterocycles. The second-order valence-corrected chi connectivity index (χ2v) is 4.64. The Kier molecular flexibility index (Phi) is 3.39. The Bertz CT molecular complexity index is 612. The lowest BCUT2D eigenvalue weighted by atomic mass is 10.1. The third kappa shape index (κ3) is 2.50. The molecule has 3 rings (SSSR count). The Morgan fingerprint density at radius 3 is 2.80 bits per heavy atom. The number of hydrogen-bond acceptors (Lipinski definition) is 6. The van der Waals surface area contributed by atoms with Crippen molar-refractivity contribution in [3.63, 3.8) is 0 Å². The van der Waals surface area contributed by atoms with Gasteiger partial charge in [0.25, 0.3) is 0 Å². The lowest BCUT2D eigenvalue weighted by Gasteiger charge is -2.18. The molecular weight excluding hydrogens is 254 g/mol. The summed E-state index contributed by atoms with van der Waals surface area (Å²) in [6, 6.07) is 7.60. The first-order valence-corrected chi connectivity index (χ1v) is 6.53. The Morgan fingerprint density at radius 2 is 2.05 bits per heavy atom. The van der Waals surface area contributed by atoms with Crippen molar-refractivity contribution in [2.45, 2.75) is 13.0 Å². The molecule has 1 aromatic carbocycles. The van der Waals surface area contributed by atoms with Gasteiger partial charge in [0.05, 0.1) is 12.8 Å². The van der Waals surface area contributed by atoms with Crippen molar-refractivity contribution in [1.82, 2.24) is 15.3 Å². The second kappa shape index (κ2) is 5.34. The van der Waals surface area contributed by atoms with Crippen LogP contribution in [0.25, 0.3) is 0 Å². The molecule has 1 aliphatic heterocycles. The van der Waals surface area contributed by atoms with Gasteiger partial charge in [0, 0.05) is 30.8 Å². The average molecular weight is 271 g/mol. The first kappa shape index (κ1) is 12.7. The number of nitrogens with two attached hydrogens (primary N) is 1. The fourth-order valence-electron chi connectivity index (χ4n) is 2.23. The molecule has 20 heavy (non-hydrogen) atoms. The van der Waals surface area contributed by atoms with Gasteiger partial charge in [-0.3, -0.25) is 0 Å². The van der Waals surface area contributed by atoms with Crippen LogP contribution in [-0.4, -0.2) is 23.6 Å². The molecule has 6 nitrogen and oxygen atoms in total. The van der Waals surface area contributed by atoms with Gasteiger partial charge >= 0.3 is 0 Å². The molecule has 0 radical (unpaired) electrons. The SMILES string of the molecule is COc1ccc(Nc2nc(N)c3c(n2)CCNC3)cc1. The summed E-state index contributed by atoms with van der Waals surface area (Å²) in [5, 5.41) is 6.44. The van der Waals surface area contributed by atoms with E-state index in [1.165, 1.54) is 0 Å². The van der Waals surface area contributed by atoms with Crippen molar-refractivity contribution in [2.24, 2.45) is 0 Å². The van der Waals surface area contributed by atoms with Gasteiger partial charge in [-0.05, 0) is 24.3 Å². The van der Waals surface area contributed by atoms with E-state index in [1.807, 2.05) is 24.3 Å². The minimum Gasteiger partial charge on any atom is -0.497 e. The van der Waals surface area contributed by atoms with Crippen LogP contribution in [0.3, 0.4) is 0 Å². The Labute approximate surface area is 117 Å². The van der Waals surface area contributed by atoms with Gasteiger partial charge in [0.2, 0.25) is 5.95 Å². The van der Waals surface area contributed by atoms with E-state index in [1.54, 1.807) is 7.11 Å². The van der Waals surface area contributed by atoms with Crippen molar-refractivity contribution in [2.75, 3.05) is 24.7 Å². The van der Waals surface area contributed by atoms with E-state index in [0.29, 0.717) is 11.8 Å². The summed E-state index contributed by atoms with van der Waals surface area (Å²) >= 11 is 0. The van der Waals surface area contributed by atoms with Crippen molar-refractivity contribution < 1.29 is 4.74 Å². The number of rotatable bonds is 3. The number of anilines is 3. The van der Waals surface area contributed by atoms with Gasteiger partial charge in [0.15, 0.2) is 0 Å². The number of aromatic nitrogens is 2. The summed E-state index contributed by atoms with van der Waals surface area (Å²) in [5.74, 6) is 1.89. The topological polar surface area (TPSA) is 85.1 Å².